The Balaban J connectivity index is 1.31. The molecule has 9 heteroatoms. The Morgan fingerprint density at radius 3 is 2.48 bits per heavy atom. The number of carbonyl (C=O) groups excluding carboxylic acids is 1. The molecule has 3 aromatic rings. The summed E-state index contributed by atoms with van der Waals surface area (Å²) in [5.74, 6) is 2.86. The van der Waals surface area contributed by atoms with Crippen LogP contribution in [0.4, 0.5) is 5.82 Å². The lowest BCUT2D eigenvalue weighted by Gasteiger charge is -2.22. The average Bonchev–Trinajstić information content (AvgIpc) is 3.37. The molecule has 140 valence electrons. The predicted molar refractivity (Wildman–Crippen MR) is 102 cm³/mol. The molecule has 5 heterocycles. The summed E-state index contributed by atoms with van der Waals surface area (Å²) >= 11 is 1.50. The van der Waals surface area contributed by atoms with Gasteiger partial charge in [0, 0.05) is 38.0 Å². The van der Waals surface area contributed by atoms with Crippen LogP contribution in [0.25, 0.3) is 5.65 Å². The van der Waals surface area contributed by atoms with Crippen molar-refractivity contribution in [2.24, 2.45) is 11.8 Å². The van der Waals surface area contributed by atoms with Crippen LogP contribution >= 0.6 is 11.3 Å². The van der Waals surface area contributed by atoms with Crippen LogP contribution in [-0.2, 0) is 0 Å². The molecule has 0 aliphatic carbocycles. The summed E-state index contributed by atoms with van der Waals surface area (Å²) in [6, 6.07) is 3.97. The van der Waals surface area contributed by atoms with Crippen molar-refractivity contribution in [3.05, 3.63) is 33.5 Å². The topological polar surface area (TPSA) is 79.5 Å². The summed E-state index contributed by atoms with van der Waals surface area (Å²) in [6.07, 6.45) is 0. The molecular weight excluding hydrogens is 362 g/mol. The number of likely N-dealkylation sites (tertiary alicyclic amines) is 1. The van der Waals surface area contributed by atoms with E-state index < -0.39 is 0 Å². The van der Waals surface area contributed by atoms with E-state index in [-0.39, 0.29) is 5.91 Å². The minimum Gasteiger partial charge on any atom is -0.354 e. The highest BCUT2D eigenvalue weighted by atomic mass is 32.1. The summed E-state index contributed by atoms with van der Waals surface area (Å²) in [6.45, 7) is 9.25. The van der Waals surface area contributed by atoms with Crippen LogP contribution in [0, 0.1) is 32.6 Å². The maximum atomic E-state index is 12.9. The van der Waals surface area contributed by atoms with Gasteiger partial charge in [0.25, 0.3) is 5.91 Å². The molecule has 0 N–H and O–H groups in total. The number of hydrogen-bond donors (Lipinski definition) is 0. The number of aryl methyl sites for hydroxylation is 3. The van der Waals surface area contributed by atoms with Gasteiger partial charge in [-0.05, 0) is 32.9 Å². The van der Waals surface area contributed by atoms with Gasteiger partial charge in [-0.3, -0.25) is 4.79 Å². The normalized spacial score (nSPS) is 22.0. The van der Waals surface area contributed by atoms with Gasteiger partial charge in [0.2, 0.25) is 0 Å². The Kier molecular flexibility index (Phi) is 3.68. The molecule has 2 aliphatic heterocycles. The number of amides is 1. The van der Waals surface area contributed by atoms with Crippen LogP contribution in [0.3, 0.4) is 0 Å². The standard InChI is InChI=1S/C18H21N7OS/c1-10-17(27-12(3)19-10)18(26)24-8-13-6-23(7-14(13)9-24)16-5-4-15-21-20-11(2)25(15)22-16/h4-5,13-14H,6-9H2,1-3H3. The molecule has 0 bridgehead atoms. The van der Waals surface area contributed by atoms with Crippen molar-refractivity contribution in [3.8, 4) is 0 Å². The van der Waals surface area contributed by atoms with Gasteiger partial charge < -0.3 is 9.80 Å². The first kappa shape index (κ1) is 16.6. The van der Waals surface area contributed by atoms with Crippen molar-refractivity contribution in [1.29, 1.82) is 0 Å². The fourth-order valence-electron chi connectivity index (χ4n) is 4.27. The summed E-state index contributed by atoms with van der Waals surface area (Å²) in [5.41, 5.74) is 1.62. The van der Waals surface area contributed by atoms with E-state index in [2.05, 4.69) is 20.1 Å². The Hall–Kier alpha value is -2.55. The van der Waals surface area contributed by atoms with Crippen LogP contribution < -0.4 is 4.90 Å². The van der Waals surface area contributed by atoms with Crippen LogP contribution in [0.15, 0.2) is 12.1 Å². The number of nitrogens with zero attached hydrogens (tertiary/aromatic N) is 7. The Labute approximate surface area is 160 Å². The highest BCUT2D eigenvalue weighted by molar-refractivity contribution is 7.13. The third-order valence-electron chi connectivity index (χ3n) is 5.60. The first-order chi connectivity index (χ1) is 13.0. The van der Waals surface area contributed by atoms with E-state index in [0.717, 1.165) is 59.0 Å². The van der Waals surface area contributed by atoms with Crippen molar-refractivity contribution in [3.63, 3.8) is 0 Å². The van der Waals surface area contributed by atoms with E-state index in [4.69, 9.17) is 5.10 Å². The molecule has 2 unspecified atom stereocenters. The molecule has 27 heavy (non-hydrogen) atoms. The van der Waals surface area contributed by atoms with E-state index in [1.54, 1.807) is 4.52 Å². The minimum atomic E-state index is 0.138. The number of rotatable bonds is 2. The molecule has 2 atom stereocenters. The van der Waals surface area contributed by atoms with E-state index in [9.17, 15) is 4.79 Å². The fraction of sp³-hybridized carbons (Fsp3) is 0.500. The van der Waals surface area contributed by atoms with Crippen molar-refractivity contribution in [2.45, 2.75) is 20.8 Å². The van der Waals surface area contributed by atoms with Crippen LogP contribution in [-0.4, -0.2) is 61.8 Å². The second-order valence-corrected chi connectivity index (χ2v) is 8.69. The van der Waals surface area contributed by atoms with Crippen molar-refractivity contribution < 1.29 is 4.79 Å². The third kappa shape index (κ3) is 2.68. The molecule has 2 saturated heterocycles. The number of carbonyl (C=O) groups is 1. The number of hydrogen-bond acceptors (Lipinski definition) is 7. The Morgan fingerprint density at radius 1 is 1.07 bits per heavy atom. The quantitative estimate of drug-likeness (QED) is 0.670. The van der Waals surface area contributed by atoms with Crippen LogP contribution in [0.1, 0.15) is 26.2 Å². The van der Waals surface area contributed by atoms with Gasteiger partial charge in [0.1, 0.15) is 10.7 Å². The number of thiazole rings is 1. The average molecular weight is 383 g/mol. The van der Waals surface area contributed by atoms with Gasteiger partial charge in [-0.25, -0.2) is 4.98 Å². The zero-order valence-corrected chi connectivity index (χ0v) is 16.4. The maximum absolute atomic E-state index is 12.9. The summed E-state index contributed by atoms with van der Waals surface area (Å²) < 4.78 is 1.79. The van der Waals surface area contributed by atoms with Crippen molar-refractivity contribution in [2.75, 3.05) is 31.1 Å². The molecule has 2 aliphatic rings. The highest BCUT2D eigenvalue weighted by Crippen LogP contribution is 2.34. The Bertz CT molecular complexity index is 1030. The predicted octanol–water partition coefficient (Wildman–Crippen LogP) is 1.71. The number of fused-ring (bicyclic) bond motifs is 2. The zero-order valence-electron chi connectivity index (χ0n) is 15.6. The van der Waals surface area contributed by atoms with Gasteiger partial charge in [0.05, 0.1) is 10.7 Å². The van der Waals surface area contributed by atoms with Gasteiger partial charge in [-0.2, -0.15) is 4.52 Å². The largest absolute Gasteiger partial charge is 0.354 e. The van der Waals surface area contributed by atoms with E-state index >= 15 is 0 Å². The molecule has 5 rings (SSSR count). The monoisotopic (exact) mass is 383 g/mol. The van der Waals surface area contributed by atoms with E-state index in [0.29, 0.717) is 11.8 Å². The number of aromatic nitrogens is 5. The molecular formula is C18H21N7OS. The Morgan fingerprint density at radius 2 is 1.81 bits per heavy atom. The first-order valence-electron chi connectivity index (χ1n) is 9.17. The van der Waals surface area contributed by atoms with Crippen molar-refractivity contribution in [1.82, 2.24) is 29.7 Å². The smallest absolute Gasteiger partial charge is 0.265 e. The SMILES string of the molecule is Cc1nc(C)c(C(=O)N2CC3CN(c4ccc5nnc(C)n5n4)CC3C2)s1. The first-order valence-corrected chi connectivity index (χ1v) is 9.98. The second kappa shape index (κ2) is 5.98. The van der Waals surface area contributed by atoms with Crippen LogP contribution in [0.5, 0.6) is 0 Å². The summed E-state index contributed by atoms with van der Waals surface area (Å²) in [4.78, 5) is 22.4. The molecule has 0 aromatic carbocycles. The molecule has 1 amide bonds. The lowest BCUT2D eigenvalue weighted by molar-refractivity contribution is 0.0786. The lowest BCUT2D eigenvalue weighted by Crippen LogP contribution is -2.33. The highest BCUT2D eigenvalue weighted by Gasteiger charge is 2.42. The van der Waals surface area contributed by atoms with Crippen LogP contribution in [0.2, 0.25) is 0 Å². The van der Waals surface area contributed by atoms with E-state index in [1.807, 2.05) is 37.8 Å². The molecule has 0 spiro atoms. The number of anilines is 1. The molecule has 0 saturated carbocycles. The lowest BCUT2D eigenvalue weighted by atomic mass is 10.0. The van der Waals surface area contributed by atoms with Gasteiger partial charge >= 0.3 is 0 Å². The van der Waals surface area contributed by atoms with Gasteiger partial charge in [-0.1, -0.05) is 0 Å². The van der Waals surface area contributed by atoms with Crippen molar-refractivity contribution >= 4 is 28.7 Å². The second-order valence-electron chi connectivity index (χ2n) is 7.49. The summed E-state index contributed by atoms with van der Waals surface area (Å²) in [7, 11) is 0. The van der Waals surface area contributed by atoms with Gasteiger partial charge in [0.15, 0.2) is 11.5 Å². The summed E-state index contributed by atoms with van der Waals surface area (Å²) in [5, 5.41) is 13.8. The fourth-order valence-corrected chi connectivity index (χ4v) is 5.16. The zero-order chi connectivity index (χ0) is 18.7. The van der Waals surface area contributed by atoms with E-state index in [1.165, 1.54) is 11.3 Å². The minimum absolute atomic E-state index is 0.138. The molecule has 8 nitrogen and oxygen atoms in total. The molecule has 0 radical (unpaired) electrons. The van der Waals surface area contributed by atoms with Gasteiger partial charge in [-0.15, -0.1) is 26.6 Å². The molecule has 2 fully saturated rings. The third-order valence-corrected chi connectivity index (χ3v) is 6.66. The molecule has 3 aromatic heterocycles. The maximum Gasteiger partial charge on any atom is 0.265 e.